The molecule has 0 saturated carbocycles. The van der Waals surface area contributed by atoms with Crippen LogP contribution in [0.25, 0.3) is 0 Å². The zero-order chi connectivity index (χ0) is 13.2. The molecule has 0 spiro atoms. The summed E-state index contributed by atoms with van der Waals surface area (Å²) in [7, 11) is 1.57. The molecule has 1 aromatic carbocycles. The highest BCUT2D eigenvalue weighted by atomic mass is 16.5. The number of anilines is 1. The Morgan fingerprint density at radius 1 is 1.33 bits per heavy atom. The van der Waals surface area contributed by atoms with E-state index < -0.39 is 17.5 Å². The zero-order valence-electron chi connectivity index (χ0n) is 10.0. The highest BCUT2D eigenvalue weighted by Gasteiger charge is 2.31. The topological polar surface area (TPSA) is 72.5 Å². The number of methoxy groups -OCH3 is 1. The van der Waals surface area contributed by atoms with E-state index in [1.807, 2.05) is 18.2 Å². The third-order valence-corrected chi connectivity index (χ3v) is 3.11. The van der Waals surface area contributed by atoms with Crippen molar-refractivity contribution in [3.8, 4) is 0 Å². The second-order valence-electron chi connectivity index (χ2n) is 4.17. The van der Waals surface area contributed by atoms with Crippen LogP contribution in [-0.4, -0.2) is 18.2 Å². The van der Waals surface area contributed by atoms with Gasteiger partial charge in [0.2, 0.25) is 0 Å². The van der Waals surface area contributed by atoms with Crippen LogP contribution in [-0.2, 0) is 15.1 Å². The molecular weight excluding hydrogens is 230 g/mol. The van der Waals surface area contributed by atoms with Crippen molar-refractivity contribution in [1.29, 1.82) is 0 Å². The van der Waals surface area contributed by atoms with Crippen LogP contribution < -0.4 is 5.73 Å². The first kappa shape index (κ1) is 12.4. The Bertz CT molecular complexity index is 506. The number of hydrogen-bond donors (Lipinski definition) is 2. The summed E-state index contributed by atoms with van der Waals surface area (Å²) in [6.45, 7) is 0. The van der Waals surface area contributed by atoms with Gasteiger partial charge in [-0.3, -0.25) is 4.79 Å². The van der Waals surface area contributed by atoms with E-state index in [-0.39, 0.29) is 0 Å². The Kier molecular flexibility index (Phi) is 3.21. The summed E-state index contributed by atoms with van der Waals surface area (Å²) in [6.07, 6.45) is 6.69. The number of carbonyl (C=O) groups is 1. The van der Waals surface area contributed by atoms with E-state index in [9.17, 15) is 4.79 Å². The lowest BCUT2D eigenvalue weighted by atomic mass is 9.85. The minimum Gasteiger partial charge on any atom is -0.481 e. The Morgan fingerprint density at radius 3 is 2.44 bits per heavy atom. The van der Waals surface area contributed by atoms with Crippen LogP contribution in [0.15, 0.2) is 48.6 Å². The molecule has 3 N–H and O–H groups in total. The molecule has 0 radical (unpaired) electrons. The van der Waals surface area contributed by atoms with Gasteiger partial charge in [-0.2, -0.15) is 0 Å². The third kappa shape index (κ3) is 2.02. The van der Waals surface area contributed by atoms with Gasteiger partial charge in [-0.05, 0) is 18.2 Å². The summed E-state index contributed by atoms with van der Waals surface area (Å²) in [5, 5.41) is 8.94. The number of nitrogens with two attached hydrogens (primary N) is 1. The van der Waals surface area contributed by atoms with Crippen molar-refractivity contribution < 1.29 is 14.6 Å². The van der Waals surface area contributed by atoms with Crippen molar-refractivity contribution in [2.24, 2.45) is 5.92 Å². The maximum absolute atomic E-state index is 10.9. The van der Waals surface area contributed by atoms with Gasteiger partial charge in [0.05, 0.1) is 5.92 Å². The predicted octanol–water partition coefficient (Wildman–Crippen LogP) is 1.94. The van der Waals surface area contributed by atoms with E-state index in [1.54, 1.807) is 37.5 Å². The van der Waals surface area contributed by atoms with Crippen LogP contribution in [0.3, 0.4) is 0 Å². The van der Waals surface area contributed by atoms with Crippen LogP contribution in [0.2, 0.25) is 0 Å². The van der Waals surface area contributed by atoms with E-state index in [4.69, 9.17) is 15.6 Å². The number of hydrogen-bond acceptors (Lipinski definition) is 3. The van der Waals surface area contributed by atoms with Gasteiger partial charge in [0.25, 0.3) is 0 Å². The zero-order valence-corrected chi connectivity index (χ0v) is 10.0. The van der Waals surface area contributed by atoms with Crippen molar-refractivity contribution in [2.75, 3.05) is 12.8 Å². The van der Waals surface area contributed by atoms with Crippen molar-refractivity contribution in [3.63, 3.8) is 0 Å². The van der Waals surface area contributed by atoms with Crippen molar-refractivity contribution in [3.05, 3.63) is 54.1 Å². The van der Waals surface area contributed by atoms with E-state index in [2.05, 4.69) is 0 Å². The first-order valence-corrected chi connectivity index (χ1v) is 5.61. The van der Waals surface area contributed by atoms with Crippen molar-refractivity contribution in [2.45, 2.75) is 5.60 Å². The van der Waals surface area contributed by atoms with Crippen LogP contribution >= 0.6 is 0 Å². The molecule has 2 rings (SSSR count). The summed E-state index contributed by atoms with van der Waals surface area (Å²) >= 11 is 0. The number of benzene rings is 1. The number of aliphatic carboxylic acids is 1. The fraction of sp³-hybridized carbons (Fsp3) is 0.214. The van der Waals surface area contributed by atoms with Gasteiger partial charge in [0, 0.05) is 18.4 Å². The molecule has 0 heterocycles. The maximum atomic E-state index is 10.9. The standard InChI is InChI=1S/C14H15NO3/c1-18-14(11-4-2-3-5-12(11)15)8-6-10(7-9-14)13(16)17/h2-10H,15H2,1H3,(H,16,17). The van der Waals surface area contributed by atoms with Gasteiger partial charge < -0.3 is 15.6 Å². The minimum atomic E-state index is -0.881. The Morgan fingerprint density at radius 2 is 1.94 bits per heavy atom. The number of para-hydroxylation sites is 1. The molecule has 4 nitrogen and oxygen atoms in total. The molecule has 18 heavy (non-hydrogen) atoms. The first-order valence-electron chi connectivity index (χ1n) is 5.61. The van der Waals surface area contributed by atoms with E-state index >= 15 is 0 Å². The summed E-state index contributed by atoms with van der Waals surface area (Å²) in [4.78, 5) is 10.9. The highest BCUT2D eigenvalue weighted by Crippen LogP contribution is 2.35. The van der Waals surface area contributed by atoms with E-state index in [0.29, 0.717) is 5.69 Å². The average Bonchev–Trinajstić information content (AvgIpc) is 2.39. The second kappa shape index (κ2) is 4.66. The molecule has 0 amide bonds. The maximum Gasteiger partial charge on any atom is 0.314 e. The summed E-state index contributed by atoms with van der Waals surface area (Å²) in [6, 6.07) is 7.38. The molecule has 0 bridgehead atoms. The number of carboxylic acid groups (broad SMARTS) is 1. The van der Waals surface area contributed by atoms with Gasteiger partial charge in [0.1, 0.15) is 5.60 Å². The SMILES string of the molecule is COC1(c2ccccc2N)C=CC(C(=O)O)C=C1. The molecule has 0 unspecified atom stereocenters. The summed E-state index contributed by atoms with van der Waals surface area (Å²) in [5.41, 5.74) is 6.58. The molecule has 1 aliphatic rings. The first-order chi connectivity index (χ1) is 8.59. The lowest BCUT2D eigenvalue weighted by Crippen LogP contribution is -2.28. The lowest BCUT2D eigenvalue weighted by molar-refractivity contribution is -0.138. The smallest absolute Gasteiger partial charge is 0.314 e. The second-order valence-corrected chi connectivity index (χ2v) is 4.17. The van der Waals surface area contributed by atoms with Crippen LogP contribution in [0.5, 0.6) is 0 Å². The number of ether oxygens (including phenoxy) is 1. The van der Waals surface area contributed by atoms with E-state index in [1.165, 1.54) is 0 Å². The van der Waals surface area contributed by atoms with Gasteiger partial charge in [-0.1, -0.05) is 30.4 Å². The average molecular weight is 245 g/mol. The summed E-state index contributed by atoms with van der Waals surface area (Å²) < 4.78 is 5.53. The molecule has 1 aromatic rings. The Hall–Kier alpha value is -2.07. The molecule has 0 aromatic heterocycles. The van der Waals surface area contributed by atoms with E-state index in [0.717, 1.165) is 5.56 Å². The predicted molar refractivity (Wildman–Crippen MR) is 68.9 cm³/mol. The molecular formula is C14H15NO3. The quantitative estimate of drug-likeness (QED) is 0.630. The Labute approximate surface area is 105 Å². The van der Waals surface area contributed by atoms with Gasteiger partial charge in [0.15, 0.2) is 0 Å². The molecule has 0 fully saturated rings. The molecule has 94 valence electrons. The van der Waals surface area contributed by atoms with Crippen molar-refractivity contribution in [1.82, 2.24) is 0 Å². The van der Waals surface area contributed by atoms with Crippen LogP contribution in [0, 0.1) is 5.92 Å². The minimum absolute atomic E-state index is 0.613. The lowest BCUT2D eigenvalue weighted by Gasteiger charge is -2.30. The highest BCUT2D eigenvalue weighted by molar-refractivity contribution is 5.75. The number of carboxylic acids is 1. The number of rotatable bonds is 3. The monoisotopic (exact) mass is 245 g/mol. The normalized spacial score (nSPS) is 26.2. The molecule has 0 saturated heterocycles. The Balaban J connectivity index is 2.42. The van der Waals surface area contributed by atoms with Crippen LogP contribution in [0.1, 0.15) is 5.56 Å². The molecule has 0 atom stereocenters. The molecule has 1 aliphatic carbocycles. The molecule has 4 heteroatoms. The summed E-state index contributed by atoms with van der Waals surface area (Å²) in [5.74, 6) is -1.49. The third-order valence-electron chi connectivity index (χ3n) is 3.11. The van der Waals surface area contributed by atoms with Crippen molar-refractivity contribution >= 4 is 11.7 Å². The van der Waals surface area contributed by atoms with Crippen LogP contribution in [0.4, 0.5) is 5.69 Å². The van der Waals surface area contributed by atoms with Gasteiger partial charge in [-0.15, -0.1) is 0 Å². The largest absolute Gasteiger partial charge is 0.481 e. The van der Waals surface area contributed by atoms with Gasteiger partial charge in [-0.25, -0.2) is 0 Å². The molecule has 0 aliphatic heterocycles. The van der Waals surface area contributed by atoms with Gasteiger partial charge >= 0.3 is 5.97 Å². The number of nitrogen functional groups attached to an aromatic ring is 1. The fourth-order valence-corrected chi connectivity index (χ4v) is 2.06. The fourth-order valence-electron chi connectivity index (χ4n) is 2.06.